The zero-order chi connectivity index (χ0) is 10.6. The van der Waals surface area contributed by atoms with Crippen molar-refractivity contribution in [3.63, 3.8) is 0 Å². The Kier molecular flexibility index (Phi) is 3.96. The summed E-state index contributed by atoms with van der Waals surface area (Å²) in [5.41, 5.74) is 2.10. The summed E-state index contributed by atoms with van der Waals surface area (Å²) in [6, 6.07) is 7.79. The first-order valence-electron chi connectivity index (χ1n) is 4.47. The van der Waals surface area contributed by atoms with Crippen LogP contribution in [0.5, 0.6) is 0 Å². The molecule has 2 nitrogen and oxygen atoms in total. The Hall–Kier alpha value is -1.02. The average Bonchev–Trinajstić information content (AvgIpc) is 2.19. The molecule has 1 rings (SSSR count). The van der Waals surface area contributed by atoms with E-state index in [0.29, 0.717) is 12.3 Å². The second-order valence-corrected chi connectivity index (χ2v) is 3.68. The van der Waals surface area contributed by atoms with Gasteiger partial charge in [0.25, 0.3) is 0 Å². The van der Waals surface area contributed by atoms with Crippen LogP contribution in [0.25, 0.3) is 0 Å². The van der Waals surface area contributed by atoms with Crippen molar-refractivity contribution in [2.24, 2.45) is 0 Å². The molecular formula is C11H14ClNO. The summed E-state index contributed by atoms with van der Waals surface area (Å²) < 4.78 is 0. The van der Waals surface area contributed by atoms with E-state index >= 15 is 0 Å². The number of amides is 1. The summed E-state index contributed by atoms with van der Waals surface area (Å²) >= 11 is 5.66. The molecule has 3 heteroatoms. The van der Waals surface area contributed by atoms with Crippen molar-refractivity contribution in [1.29, 1.82) is 0 Å². The smallest absolute Gasteiger partial charge is 0.226 e. The van der Waals surface area contributed by atoms with Crippen molar-refractivity contribution in [2.75, 3.05) is 14.1 Å². The lowest BCUT2D eigenvalue weighted by Crippen LogP contribution is -2.23. The van der Waals surface area contributed by atoms with Crippen LogP contribution in [-0.4, -0.2) is 24.9 Å². The van der Waals surface area contributed by atoms with Crippen molar-refractivity contribution in [2.45, 2.75) is 12.3 Å². The predicted molar refractivity (Wildman–Crippen MR) is 58.4 cm³/mol. The van der Waals surface area contributed by atoms with Crippen molar-refractivity contribution < 1.29 is 4.79 Å². The van der Waals surface area contributed by atoms with Gasteiger partial charge >= 0.3 is 0 Å². The van der Waals surface area contributed by atoms with Gasteiger partial charge in [0.05, 0.1) is 6.42 Å². The SMILES string of the molecule is CN(C)C(=O)Cc1ccc(CCl)cc1. The van der Waals surface area contributed by atoms with E-state index in [0.717, 1.165) is 11.1 Å². The van der Waals surface area contributed by atoms with Crippen molar-refractivity contribution >= 4 is 17.5 Å². The molecule has 0 bridgehead atoms. The fourth-order valence-corrected chi connectivity index (χ4v) is 1.26. The molecule has 0 aliphatic carbocycles. The predicted octanol–water partition coefficient (Wildman–Crippen LogP) is 2.06. The van der Waals surface area contributed by atoms with Gasteiger partial charge in [0.1, 0.15) is 0 Å². The summed E-state index contributed by atoms with van der Waals surface area (Å²) in [5, 5.41) is 0. The Morgan fingerprint density at radius 2 is 1.71 bits per heavy atom. The topological polar surface area (TPSA) is 20.3 Å². The Bertz CT molecular complexity index is 306. The van der Waals surface area contributed by atoms with Crippen LogP contribution in [0, 0.1) is 0 Å². The van der Waals surface area contributed by atoms with Crippen LogP contribution in [0.2, 0.25) is 0 Å². The second-order valence-electron chi connectivity index (χ2n) is 3.42. The van der Waals surface area contributed by atoms with Crippen LogP contribution in [0.3, 0.4) is 0 Å². The largest absolute Gasteiger partial charge is 0.349 e. The summed E-state index contributed by atoms with van der Waals surface area (Å²) in [6.45, 7) is 0. The van der Waals surface area contributed by atoms with Crippen LogP contribution in [0.4, 0.5) is 0 Å². The number of nitrogens with zero attached hydrogens (tertiary/aromatic N) is 1. The number of alkyl halides is 1. The van der Waals surface area contributed by atoms with Gasteiger partial charge in [-0.3, -0.25) is 4.79 Å². The maximum Gasteiger partial charge on any atom is 0.226 e. The van der Waals surface area contributed by atoms with Gasteiger partial charge in [-0.2, -0.15) is 0 Å². The summed E-state index contributed by atoms with van der Waals surface area (Å²) in [6.07, 6.45) is 0.454. The number of carbonyl (C=O) groups excluding carboxylic acids is 1. The third kappa shape index (κ3) is 3.04. The molecule has 0 radical (unpaired) electrons. The standard InChI is InChI=1S/C11H14ClNO/c1-13(2)11(14)7-9-3-5-10(8-12)6-4-9/h3-6H,7-8H2,1-2H3. The van der Waals surface area contributed by atoms with Crippen molar-refractivity contribution in [1.82, 2.24) is 4.90 Å². The lowest BCUT2D eigenvalue weighted by Gasteiger charge is -2.09. The molecule has 0 aliphatic heterocycles. The molecule has 0 spiro atoms. The van der Waals surface area contributed by atoms with Gasteiger partial charge in [-0.15, -0.1) is 11.6 Å². The van der Waals surface area contributed by atoms with Crippen LogP contribution >= 0.6 is 11.6 Å². The van der Waals surface area contributed by atoms with E-state index in [9.17, 15) is 4.79 Å². The number of rotatable bonds is 3. The van der Waals surface area contributed by atoms with Crippen LogP contribution in [0.15, 0.2) is 24.3 Å². The molecular weight excluding hydrogens is 198 g/mol. The van der Waals surface area contributed by atoms with E-state index in [1.807, 2.05) is 24.3 Å². The molecule has 0 atom stereocenters. The highest BCUT2D eigenvalue weighted by molar-refractivity contribution is 6.17. The molecule has 0 aromatic heterocycles. The normalized spacial score (nSPS) is 9.93. The molecule has 0 N–H and O–H groups in total. The van der Waals surface area contributed by atoms with E-state index in [4.69, 9.17) is 11.6 Å². The number of benzene rings is 1. The Morgan fingerprint density at radius 1 is 1.21 bits per heavy atom. The van der Waals surface area contributed by atoms with Crippen LogP contribution in [0.1, 0.15) is 11.1 Å². The van der Waals surface area contributed by atoms with Gasteiger partial charge in [0, 0.05) is 20.0 Å². The average molecular weight is 212 g/mol. The quantitative estimate of drug-likeness (QED) is 0.701. The van der Waals surface area contributed by atoms with E-state index in [-0.39, 0.29) is 5.91 Å². The molecule has 14 heavy (non-hydrogen) atoms. The van der Waals surface area contributed by atoms with Gasteiger partial charge in [-0.25, -0.2) is 0 Å². The van der Waals surface area contributed by atoms with E-state index in [1.54, 1.807) is 19.0 Å². The zero-order valence-electron chi connectivity index (χ0n) is 8.46. The van der Waals surface area contributed by atoms with E-state index < -0.39 is 0 Å². The Labute approximate surface area is 89.5 Å². The monoisotopic (exact) mass is 211 g/mol. The van der Waals surface area contributed by atoms with Gasteiger partial charge in [-0.1, -0.05) is 24.3 Å². The number of carbonyl (C=O) groups is 1. The number of hydrogen-bond acceptors (Lipinski definition) is 1. The molecule has 0 fully saturated rings. The maximum absolute atomic E-state index is 11.4. The minimum Gasteiger partial charge on any atom is -0.349 e. The molecule has 1 amide bonds. The van der Waals surface area contributed by atoms with Gasteiger partial charge in [-0.05, 0) is 11.1 Å². The summed E-state index contributed by atoms with van der Waals surface area (Å²) in [4.78, 5) is 13.0. The lowest BCUT2D eigenvalue weighted by molar-refractivity contribution is -0.127. The molecule has 0 saturated carbocycles. The molecule has 76 valence electrons. The van der Waals surface area contributed by atoms with E-state index in [1.165, 1.54) is 0 Å². The molecule has 0 aliphatic rings. The molecule has 0 heterocycles. The van der Waals surface area contributed by atoms with Gasteiger partial charge in [0.2, 0.25) is 5.91 Å². The highest BCUT2D eigenvalue weighted by Crippen LogP contribution is 2.07. The van der Waals surface area contributed by atoms with Gasteiger partial charge < -0.3 is 4.90 Å². The summed E-state index contributed by atoms with van der Waals surface area (Å²) in [7, 11) is 3.52. The fraction of sp³-hybridized carbons (Fsp3) is 0.364. The van der Waals surface area contributed by atoms with Crippen LogP contribution < -0.4 is 0 Å². The highest BCUT2D eigenvalue weighted by Gasteiger charge is 2.04. The third-order valence-corrected chi connectivity index (χ3v) is 2.34. The maximum atomic E-state index is 11.4. The van der Waals surface area contributed by atoms with Crippen LogP contribution in [-0.2, 0) is 17.1 Å². The van der Waals surface area contributed by atoms with E-state index in [2.05, 4.69) is 0 Å². The molecule has 0 saturated heterocycles. The fourth-order valence-electron chi connectivity index (χ4n) is 1.08. The highest BCUT2D eigenvalue weighted by atomic mass is 35.5. The molecule has 1 aromatic rings. The first-order valence-corrected chi connectivity index (χ1v) is 5.01. The Morgan fingerprint density at radius 3 is 2.14 bits per heavy atom. The lowest BCUT2D eigenvalue weighted by atomic mass is 10.1. The zero-order valence-corrected chi connectivity index (χ0v) is 9.21. The van der Waals surface area contributed by atoms with Crippen molar-refractivity contribution in [3.8, 4) is 0 Å². The first kappa shape index (κ1) is 11.1. The number of hydrogen-bond donors (Lipinski definition) is 0. The number of likely N-dealkylation sites (N-methyl/N-ethyl adjacent to an activating group) is 1. The van der Waals surface area contributed by atoms with Gasteiger partial charge in [0.15, 0.2) is 0 Å². The number of halogens is 1. The Balaban J connectivity index is 2.64. The van der Waals surface area contributed by atoms with Crippen molar-refractivity contribution in [3.05, 3.63) is 35.4 Å². The second kappa shape index (κ2) is 5.01. The molecule has 1 aromatic carbocycles. The minimum absolute atomic E-state index is 0.114. The molecule has 0 unspecified atom stereocenters. The minimum atomic E-state index is 0.114. The third-order valence-electron chi connectivity index (χ3n) is 2.03. The summed E-state index contributed by atoms with van der Waals surface area (Å²) in [5.74, 6) is 0.630. The first-order chi connectivity index (χ1) is 6.63.